The van der Waals surface area contributed by atoms with Gasteiger partial charge in [0, 0.05) is 6.42 Å². The van der Waals surface area contributed by atoms with E-state index in [0.29, 0.717) is 12.8 Å². The van der Waals surface area contributed by atoms with Gasteiger partial charge in [0.2, 0.25) is 0 Å². The number of nitriles is 2. The van der Waals surface area contributed by atoms with Crippen molar-refractivity contribution >= 4 is 0 Å². The van der Waals surface area contributed by atoms with Crippen molar-refractivity contribution in [3.8, 4) is 12.1 Å². The van der Waals surface area contributed by atoms with Crippen LogP contribution in [-0.4, -0.2) is 0 Å². The van der Waals surface area contributed by atoms with Crippen molar-refractivity contribution < 1.29 is 0 Å². The molecule has 0 aliphatic heterocycles. The average molecular weight is 280 g/mol. The molecule has 1 aliphatic carbocycles. The number of rotatable bonds is 6. The number of hydrogen-bond acceptors (Lipinski definition) is 2. The molecular weight excluding hydrogens is 256 g/mol. The fraction of sp³-hybridized carbons (Fsp3) is 0.579. The molecule has 0 N–H and O–H groups in total. The van der Waals surface area contributed by atoms with Gasteiger partial charge >= 0.3 is 0 Å². The van der Waals surface area contributed by atoms with Gasteiger partial charge in [-0.3, -0.25) is 0 Å². The Kier molecular flexibility index (Phi) is 5.82. The Morgan fingerprint density at radius 2 is 1.71 bits per heavy atom. The Morgan fingerprint density at radius 3 is 2.33 bits per heavy atom. The first-order chi connectivity index (χ1) is 10.3. The molecule has 1 saturated carbocycles. The Balaban J connectivity index is 2.11. The van der Waals surface area contributed by atoms with Crippen LogP contribution in [0, 0.1) is 28.6 Å². The molecule has 1 aromatic rings. The molecule has 1 aliphatic rings. The maximum Gasteiger partial charge on any atom is 0.0832 e. The Bertz CT molecular complexity index is 503. The molecule has 0 heterocycles. The predicted molar refractivity (Wildman–Crippen MR) is 84.4 cm³/mol. The van der Waals surface area contributed by atoms with Gasteiger partial charge in [0.25, 0.3) is 0 Å². The fourth-order valence-corrected chi connectivity index (χ4v) is 3.54. The molecule has 0 bridgehead atoms. The van der Waals surface area contributed by atoms with Gasteiger partial charge in [-0.25, -0.2) is 0 Å². The fourth-order valence-electron chi connectivity index (χ4n) is 3.54. The average Bonchev–Trinajstić information content (AvgIpc) is 2.57. The largest absolute Gasteiger partial charge is 0.198 e. The highest BCUT2D eigenvalue weighted by atomic mass is 14.4. The third-order valence-corrected chi connectivity index (χ3v) is 4.91. The van der Waals surface area contributed by atoms with E-state index in [1.165, 1.54) is 32.1 Å². The van der Waals surface area contributed by atoms with Crippen molar-refractivity contribution in [2.24, 2.45) is 5.92 Å². The van der Waals surface area contributed by atoms with Gasteiger partial charge in [0.15, 0.2) is 0 Å². The molecule has 1 atom stereocenters. The zero-order valence-electron chi connectivity index (χ0n) is 12.7. The quantitative estimate of drug-likeness (QED) is 0.726. The summed E-state index contributed by atoms with van der Waals surface area (Å²) in [5.74, 6) is 0.775. The first-order valence-corrected chi connectivity index (χ1v) is 8.14. The highest BCUT2D eigenvalue weighted by Gasteiger charge is 2.32. The van der Waals surface area contributed by atoms with Crippen molar-refractivity contribution in [3.05, 3.63) is 35.9 Å². The van der Waals surface area contributed by atoms with Crippen LogP contribution >= 0.6 is 0 Å². The smallest absolute Gasteiger partial charge is 0.0832 e. The summed E-state index contributed by atoms with van der Waals surface area (Å²) in [6, 6.07) is 14.8. The van der Waals surface area contributed by atoms with Crippen LogP contribution in [-0.2, 0) is 5.41 Å². The van der Waals surface area contributed by atoms with Gasteiger partial charge in [-0.15, -0.1) is 0 Å². The van der Waals surface area contributed by atoms with Crippen molar-refractivity contribution in [2.45, 2.75) is 63.2 Å². The van der Waals surface area contributed by atoms with Gasteiger partial charge in [-0.05, 0) is 30.7 Å². The summed E-state index contributed by atoms with van der Waals surface area (Å²) in [7, 11) is 0. The minimum atomic E-state index is -0.478. The highest BCUT2D eigenvalue weighted by Crippen LogP contribution is 2.37. The molecule has 21 heavy (non-hydrogen) atoms. The second-order valence-electron chi connectivity index (χ2n) is 6.26. The normalized spacial score (nSPS) is 18.4. The molecule has 2 heteroatoms. The van der Waals surface area contributed by atoms with Crippen LogP contribution in [0.3, 0.4) is 0 Å². The molecule has 0 spiro atoms. The Labute approximate surface area is 128 Å². The van der Waals surface area contributed by atoms with Crippen molar-refractivity contribution in [1.82, 2.24) is 0 Å². The van der Waals surface area contributed by atoms with Crippen molar-refractivity contribution in [1.29, 1.82) is 10.5 Å². The van der Waals surface area contributed by atoms with E-state index in [9.17, 15) is 5.26 Å². The second-order valence-corrected chi connectivity index (χ2v) is 6.26. The van der Waals surface area contributed by atoms with Gasteiger partial charge in [-0.2, -0.15) is 10.5 Å². The minimum Gasteiger partial charge on any atom is -0.198 e. The lowest BCUT2D eigenvalue weighted by atomic mass is 9.72. The van der Waals surface area contributed by atoms with Crippen molar-refractivity contribution in [2.75, 3.05) is 0 Å². The summed E-state index contributed by atoms with van der Waals surface area (Å²) in [6.45, 7) is 0. The molecule has 110 valence electrons. The molecular formula is C19H24N2. The molecule has 2 nitrogen and oxygen atoms in total. The monoisotopic (exact) mass is 280 g/mol. The summed E-state index contributed by atoms with van der Waals surface area (Å²) in [5, 5.41) is 18.8. The topological polar surface area (TPSA) is 47.6 Å². The van der Waals surface area contributed by atoms with E-state index in [4.69, 9.17) is 5.26 Å². The zero-order valence-corrected chi connectivity index (χ0v) is 12.7. The second kappa shape index (κ2) is 7.84. The van der Waals surface area contributed by atoms with Crippen LogP contribution in [0.2, 0.25) is 0 Å². The van der Waals surface area contributed by atoms with Crippen LogP contribution in [0.1, 0.15) is 63.4 Å². The van der Waals surface area contributed by atoms with Gasteiger partial charge in [0.05, 0.1) is 17.6 Å². The first-order valence-electron chi connectivity index (χ1n) is 8.14. The minimum absolute atomic E-state index is 0.452. The summed E-state index contributed by atoms with van der Waals surface area (Å²) in [6.07, 6.45) is 9.79. The molecule has 1 unspecified atom stereocenters. The lowest BCUT2D eigenvalue weighted by Crippen LogP contribution is -2.25. The van der Waals surface area contributed by atoms with E-state index < -0.39 is 5.41 Å². The number of benzene rings is 1. The molecule has 0 radical (unpaired) electrons. The van der Waals surface area contributed by atoms with Crippen LogP contribution < -0.4 is 0 Å². The maximum absolute atomic E-state index is 9.83. The summed E-state index contributed by atoms with van der Waals surface area (Å²) in [5.41, 5.74) is 0.604. The van der Waals surface area contributed by atoms with Crippen LogP contribution in [0.25, 0.3) is 0 Å². The van der Waals surface area contributed by atoms with E-state index in [0.717, 1.165) is 24.3 Å². The van der Waals surface area contributed by atoms with Crippen LogP contribution in [0.15, 0.2) is 30.3 Å². The van der Waals surface area contributed by atoms with E-state index in [-0.39, 0.29) is 0 Å². The summed E-state index contributed by atoms with van der Waals surface area (Å²) < 4.78 is 0. The van der Waals surface area contributed by atoms with Crippen molar-refractivity contribution in [3.63, 3.8) is 0 Å². The standard InChI is InChI=1S/C19H24N2/c20-15-7-13-19(16-21,18-10-5-2-6-11-18)14-12-17-8-3-1-4-9-17/h2,5-6,10-11,17H,1,3-4,7-9,12-14H2. The van der Waals surface area contributed by atoms with E-state index in [2.05, 4.69) is 12.1 Å². The molecule has 2 rings (SSSR count). The first kappa shape index (κ1) is 15.6. The third kappa shape index (κ3) is 4.08. The van der Waals surface area contributed by atoms with Gasteiger partial charge in [0.1, 0.15) is 0 Å². The van der Waals surface area contributed by atoms with Gasteiger partial charge in [-0.1, -0.05) is 62.4 Å². The van der Waals surface area contributed by atoms with E-state index >= 15 is 0 Å². The van der Waals surface area contributed by atoms with E-state index in [1.54, 1.807) is 0 Å². The lowest BCUT2D eigenvalue weighted by molar-refractivity contribution is 0.304. The third-order valence-electron chi connectivity index (χ3n) is 4.91. The Hall–Kier alpha value is -1.80. The van der Waals surface area contributed by atoms with E-state index in [1.807, 2.05) is 30.3 Å². The van der Waals surface area contributed by atoms with Gasteiger partial charge < -0.3 is 0 Å². The zero-order chi connectivity index (χ0) is 15.0. The SMILES string of the molecule is N#CCCC(C#N)(CCC1CCCCC1)c1ccccc1. The highest BCUT2D eigenvalue weighted by molar-refractivity contribution is 5.32. The number of nitrogens with zero attached hydrogens (tertiary/aromatic N) is 2. The predicted octanol–water partition coefficient (Wildman–Crippen LogP) is 5.11. The molecule has 0 amide bonds. The maximum atomic E-state index is 9.83. The Morgan fingerprint density at radius 1 is 1.00 bits per heavy atom. The summed E-state index contributed by atoms with van der Waals surface area (Å²) >= 11 is 0. The molecule has 1 aromatic carbocycles. The lowest BCUT2D eigenvalue weighted by Gasteiger charge is -2.30. The molecule has 0 saturated heterocycles. The van der Waals surface area contributed by atoms with Crippen LogP contribution in [0.4, 0.5) is 0 Å². The number of hydrogen-bond donors (Lipinski definition) is 0. The summed E-state index contributed by atoms with van der Waals surface area (Å²) in [4.78, 5) is 0. The molecule has 0 aromatic heterocycles. The van der Waals surface area contributed by atoms with Crippen LogP contribution in [0.5, 0.6) is 0 Å². The molecule has 1 fully saturated rings.